The minimum absolute atomic E-state index is 0.190. The molecule has 0 aromatic carbocycles. The van der Waals surface area contributed by atoms with Gasteiger partial charge in [0.1, 0.15) is 23.3 Å². The number of carboxylic acid groups (broad SMARTS) is 1. The summed E-state index contributed by atoms with van der Waals surface area (Å²) in [4.78, 5) is 29.0. The zero-order valence-electron chi connectivity index (χ0n) is 9.62. The number of nitroso groups, excluding NO2 is 1. The van der Waals surface area contributed by atoms with E-state index in [2.05, 4.69) is 19.9 Å². The van der Waals surface area contributed by atoms with Crippen molar-refractivity contribution in [3.05, 3.63) is 22.5 Å². The van der Waals surface area contributed by atoms with Crippen molar-refractivity contribution in [3.8, 4) is 0 Å². The summed E-state index contributed by atoms with van der Waals surface area (Å²) in [6.07, 6.45) is 1.21. The molecule has 98 valence electrons. The first kappa shape index (κ1) is 14.7. The van der Waals surface area contributed by atoms with Crippen molar-refractivity contribution in [1.82, 2.24) is 9.97 Å². The van der Waals surface area contributed by atoms with Crippen LogP contribution in [0.3, 0.4) is 0 Å². The van der Waals surface area contributed by atoms with Crippen LogP contribution in [0.1, 0.15) is 13.8 Å². The lowest BCUT2D eigenvalue weighted by atomic mass is 10.0. The molecule has 1 atom stereocenters. The van der Waals surface area contributed by atoms with Gasteiger partial charge in [-0.3, -0.25) is 0 Å². The van der Waals surface area contributed by atoms with Crippen LogP contribution < -0.4 is 5.32 Å². The highest BCUT2D eigenvalue weighted by Gasteiger charge is 2.37. The van der Waals surface area contributed by atoms with Crippen LogP contribution in [0, 0.1) is 4.91 Å². The molecule has 1 heterocycles. The van der Waals surface area contributed by atoms with Crippen LogP contribution in [0.2, 0.25) is 5.15 Å². The maximum atomic E-state index is 11.2. The molecule has 7 nitrogen and oxygen atoms in total. The third-order valence-corrected chi connectivity index (χ3v) is 3.13. The van der Waals surface area contributed by atoms with Crippen LogP contribution in [0.4, 0.5) is 5.82 Å². The van der Waals surface area contributed by atoms with Crippen LogP contribution in [0.15, 0.2) is 17.0 Å². The van der Waals surface area contributed by atoms with Gasteiger partial charge in [0, 0.05) is 22.6 Å². The summed E-state index contributed by atoms with van der Waals surface area (Å²) >= 11 is 6.31. The van der Waals surface area contributed by atoms with Gasteiger partial charge < -0.3 is 10.4 Å². The first-order valence-electron chi connectivity index (χ1n) is 4.84. The number of hydrogen-bond acceptors (Lipinski definition) is 7. The highest BCUT2D eigenvalue weighted by molar-refractivity contribution is 7.99. The van der Waals surface area contributed by atoms with Crippen molar-refractivity contribution in [3.63, 3.8) is 0 Å². The summed E-state index contributed by atoms with van der Waals surface area (Å²) < 4.78 is 1.73. The van der Waals surface area contributed by atoms with Crippen LogP contribution >= 0.6 is 23.5 Å². The highest BCUT2D eigenvalue weighted by atomic mass is 35.5. The molecule has 18 heavy (non-hydrogen) atoms. The molecule has 0 fully saturated rings. The summed E-state index contributed by atoms with van der Waals surface area (Å²) in [7, 11) is 0. The average Bonchev–Trinajstić information content (AvgIpc) is 2.25. The van der Waals surface area contributed by atoms with Crippen LogP contribution in [-0.2, 0) is 4.79 Å². The van der Waals surface area contributed by atoms with Gasteiger partial charge in [-0.2, -0.15) is 0 Å². The Kier molecular flexibility index (Phi) is 4.85. The molecule has 0 aliphatic heterocycles. The summed E-state index contributed by atoms with van der Waals surface area (Å²) in [5, 5.41) is 12.1. The number of rotatable bonds is 6. The Labute approximate surface area is 112 Å². The Bertz CT molecular complexity index is 457. The number of aliphatic carboxylic acids is 1. The molecule has 0 spiro atoms. The van der Waals surface area contributed by atoms with E-state index >= 15 is 0 Å². The van der Waals surface area contributed by atoms with E-state index in [1.807, 2.05) is 0 Å². The molecule has 2 N–H and O–H groups in total. The van der Waals surface area contributed by atoms with Gasteiger partial charge in [0.15, 0.2) is 0 Å². The molecule has 1 unspecified atom stereocenters. The van der Waals surface area contributed by atoms with Gasteiger partial charge in [0.05, 0.1) is 4.75 Å². The second-order valence-electron chi connectivity index (χ2n) is 3.91. The molecule has 1 aromatic heterocycles. The lowest BCUT2D eigenvalue weighted by Crippen LogP contribution is -2.45. The van der Waals surface area contributed by atoms with Gasteiger partial charge in [-0.25, -0.2) is 14.8 Å². The van der Waals surface area contributed by atoms with E-state index in [1.54, 1.807) is 13.8 Å². The fourth-order valence-electron chi connectivity index (χ4n) is 1.24. The predicted octanol–water partition coefficient (Wildman–Crippen LogP) is 2.19. The minimum atomic E-state index is -1.12. The van der Waals surface area contributed by atoms with Crippen molar-refractivity contribution >= 4 is 35.3 Å². The Morgan fingerprint density at radius 1 is 1.61 bits per heavy atom. The number of aromatic nitrogens is 2. The van der Waals surface area contributed by atoms with E-state index in [9.17, 15) is 14.8 Å². The SMILES string of the molecule is CC(C)(SN=O)C(Nc1cc(Cl)ncn1)C(=O)O. The Balaban J connectivity index is 2.94. The van der Waals surface area contributed by atoms with E-state index in [4.69, 9.17) is 11.6 Å². The zero-order chi connectivity index (χ0) is 13.8. The number of halogens is 1. The fourth-order valence-corrected chi connectivity index (χ4v) is 1.85. The maximum Gasteiger partial charge on any atom is 0.327 e. The van der Waals surface area contributed by atoms with Gasteiger partial charge in [-0.05, 0) is 13.8 Å². The summed E-state index contributed by atoms with van der Waals surface area (Å²) in [5.74, 6) is -0.854. The van der Waals surface area contributed by atoms with Crippen LogP contribution in [-0.4, -0.2) is 31.8 Å². The molecule has 0 amide bonds. The quantitative estimate of drug-likeness (QED) is 0.470. The van der Waals surface area contributed by atoms with Crippen molar-refractivity contribution in [2.75, 3.05) is 5.32 Å². The molecule has 1 aromatic rings. The van der Waals surface area contributed by atoms with Gasteiger partial charge >= 0.3 is 5.97 Å². The number of nitrogens with one attached hydrogen (secondary N) is 1. The monoisotopic (exact) mass is 290 g/mol. The highest BCUT2D eigenvalue weighted by Crippen LogP contribution is 2.30. The predicted molar refractivity (Wildman–Crippen MR) is 69.6 cm³/mol. The van der Waals surface area contributed by atoms with Crippen molar-refractivity contribution in [2.24, 2.45) is 4.58 Å². The molecule has 9 heteroatoms. The zero-order valence-corrected chi connectivity index (χ0v) is 11.2. The Morgan fingerprint density at radius 3 is 2.78 bits per heavy atom. The fraction of sp³-hybridized carbons (Fsp3) is 0.444. The van der Waals surface area contributed by atoms with Crippen molar-refractivity contribution in [2.45, 2.75) is 24.6 Å². The van der Waals surface area contributed by atoms with Crippen LogP contribution in [0.25, 0.3) is 0 Å². The molecule has 0 radical (unpaired) electrons. The average molecular weight is 291 g/mol. The van der Waals surface area contributed by atoms with Crippen molar-refractivity contribution in [1.29, 1.82) is 0 Å². The number of anilines is 1. The summed E-state index contributed by atoms with van der Waals surface area (Å²) in [6, 6.07) is 0.346. The standard InChI is InChI=1S/C9H11ClN4O3S/c1-9(2,18-14-17)7(8(15)16)13-6-3-5(10)11-4-12-6/h3-4,7H,1-2H3,(H,15,16)(H,11,12,13). The first-order valence-corrected chi connectivity index (χ1v) is 5.99. The van der Waals surface area contributed by atoms with E-state index in [-0.39, 0.29) is 11.0 Å². The molecular formula is C9H11ClN4O3S. The largest absolute Gasteiger partial charge is 0.480 e. The van der Waals surface area contributed by atoms with E-state index < -0.39 is 16.8 Å². The normalized spacial score (nSPS) is 12.8. The lowest BCUT2D eigenvalue weighted by molar-refractivity contribution is -0.138. The number of hydrogen-bond donors (Lipinski definition) is 2. The molecular weight excluding hydrogens is 280 g/mol. The Hall–Kier alpha value is -1.41. The molecule has 0 aliphatic carbocycles. The van der Waals surface area contributed by atoms with E-state index in [1.165, 1.54) is 12.4 Å². The molecule has 1 rings (SSSR count). The minimum Gasteiger partial charge on any atom is -0.480 e. The second kappa shape index (κ2) is 5.96. The molecule has 0 aliphatic rings. The van der Waals surface area contributed by atoms with Gasteiger partial charge in [-0.15, -0.1) is 4.91 Å². The van der Waals surface area contributed by atoms with E-state index in [0.29, 0.717) is 11.9 Å². The molecule has 0 saturated heterocycles. The van der Waals surface area contributed by atoms with E-state index in [0.717, 1.165) is 0 Å². The molecule has 0 bridgehead atoms. The lowest BCUT2D eigenvalue weighted by Gasteiger charge is -2.28. The van der Waals surface area contributed by atoms with Gasteiger partial charge in [-0.1, -0.05) is 11.6 Å². The third kappa shape index (κ3) is 3.81. The smallest absolute Gasteiger partial charge is 0.327 e. The number of carboxylic acids is 1. The topological polar surface area (TPSA) is 105 Å². The number of carbonyl (C=O) groups is 1. The van der Waals surface area contributed by atoms with Gasteiger partial charge in [0.25, 0.3) is 0 Å². The second-order valence-corrected chi connectivity index (χ2v) is 5.68. The van der Waals surface area contributed by atoms with Crippen molar-refractivity contribution < 1.29 is 9.90 Å². The van der Waals surface area contributed by atoms with Crippen LogP contribution in [0.5, 0.6) is 0 Å². The maximum absolute atomic E-state index is 11.2. The molecule has 0 saturated carbocycles. The Morgan fingerprint density at radius 2 is 2.28 bits per heavy atom. The number of nitrogens with zero attached hydrogens (tertiary/aromatic N) is 3. The summed E-state index contributed by atoms with van der Waals surface area (Å²) in [6.45, 7) is 3.18. The van der Waals surface area contributed by atoms with Gasteiger partial charge in [0.2, 0.25) is 0 Å². The third-order valence-electron chi connectivity index (χ3n) is 2.14. The first-order chi connectivity index (χ1) is 8.36. The summed E-state index contributed by atoms with van der Waals surface area (Å²) in [5.41, 5.74) is 0.